The van der Waals surface area contributed by atoms with Crippen molar-refractivity contribution in [2.24, 2.45) is 11.7 Å². The maximum atomic E-state index is 5.77. The quantitative estimate of drug-likeness (QED) is 0.693. The van der Waals surface area contributed by atoms with E-state index in [1.807, 2.05) is 11.8 Å². The highest BCUT2D eigenvalue weighted by molar-refractivity contribution is 8.00. The van der Waals surface area contributed by atoms with Crippen LogP contribution in [0.15, 0.2) is 0 Å². The third kappa shape index (κ3) is 2.12. The molecule has 2 heteroatoms. The van der Waals surface area contributed by atoms with Crippen LogP contribution in [0.25, 0.3) is 0 Å². The summed E-state index contributed by atoms with van der Waals surface area (Å²) in [6.07, 6.45) is 7.59. The molecule has 0 aromatic heterocycles. The molecule has 0 atom stereocenters. The summed E-state index contributed by atoms with van der Waals surface area (Å²) in [6, 6.07) is 0. The van der Waals surface area contributed by atoms with E-state index in [0.717, 1.165) is 12.5 Å². The Bertz CT molecular complexity index is 111. The van der Waals surface area contributed by atoms with Crippen LogP contribution in [-0.2, 0) is 0 Å². The lowest BCUT2D eigenvalue weighted by Crippen LogP contribution is -2.37. The second-order valence-electron chi connectivity index (χ2n) is 3.77. The van der Waals surface area contributed by atoms with E-state index >= 15 is 0 Å². The topological polar surface area (TPSA) is 26.0 Å². The van der Waals surface area contributed by atoms with Crippen LogP contribution in [0.3, 0.4) is 0 Å². The molecular weight excluding hydrogens is 154 g/mol. The summed E-state index contributed by atoms with van der Waals surface area (Å²) in [6.45, 7) is 3.21. The fourth-order valence-corrected chi connectivity index (χ4v) is 2.59. The van der Waals surface area contributed by atoms with E-state index in [2.05, 4.69) is 13.2 Å². The van der Waals surface area contributed by atoms with Gasteiger partial charge in [-0.15, -0.1) is 0 Å². The summed E-state index contributed by atoms with van der Waals surface area (Å²) in [5.41, 5.74) is 5.77. The zero-order valence-corrected chi connectivity index (χ0v) is 8.41. The van der Waals surface area contributed by atoms with Crippen molar-refractivity contribution in [3.8, 4) is 0 Å². The van der Waals surface area contributed by atoms with Gasteiger partial charge in [0.15, 0.2) is 0 Å². The Hall–Kier alpha value is 0.310. The van der Waals surface area contributed by atoms with Crippen molar-refractivity contribution < 1.29 is 0 Å². The van der Waals surface area contributed by atoms with Crippen molar-refractivity contribution in [3.63, 3.8) is 0 Å². The summed E-state index contributed by atoms with van der Waals surface area (Å²) in [7, 11) is 0. The maximum Gasteiger partial charge on any atom is 0.0279 e. The first-order chi connectivity index (χ1) is 5.22. The first-order valence-corrected chi connectivity index (χ1v) is 5.70. The monoisotopic (exact) mass is 173 g/mol. The van der Waals surface area contributed by atoms with Crippen LogP contribution in [0.1, 0.15) is 32.6 Å². The second-order valence-corrected chi connectivity index (χ2v) is 5.05. The smallest absolute Gasteiger partial charge is 0.0279 e. The van der Waals surface area contributed by atoms with Gasteiger partial charge in [-0.1, -0.05) is 6.92 Å². The van der Waals surface area contributed by atoms with Crippen LogP contribution in [0.2, 0.25) is 0 Å². The number of hydrogen-bond acceptors (Lipinski definition) is 2. The Morgan fingerprint density at radius 3 is 2.36 bits per heavy atom. The number of rotatable bonds is 2. The summed E-state index contributed by atoms with van der Waals surface area (Å²) in [4.78, 5) is 0. The lowest BCUT2D eigenvalue weighted by atomic mass is 9.82. The summed E-state index contributed by atoms with van der Waals surface area (Å²) in [5, 5.41) is 0. The van der Waals surface area contributed by atoms with E-state index in [1.165, 1.54) is 25.7 Å². The zero-order chi connectivity index (χ0) is 8.32. The van der Waals surface area contributed by atoms with Crippen molar-refractivity contribution in [1.82, 2.24) is 0 Å². The van der Waals surface area contributed by atoms with Gasteiger partial charge in [-0.2, -0.15) is 11.8 Å². The van der Waals surface area contributed by atoms with Gasteiger partial charge in [0.1, 0.15) is 0 Å². The SMILES string of the molecule is CSC1(CN)CCC(C)CC1. The first-order valence-electron chi connectivity index (χ1n) is 4.48. The molecule has 2 N–H and O–H groups in total. The molecule has 11 heavy (non-hydrogen) atoms. The molecule has 0 heterocycles. The summed E-state index contributed by atoms with van der Waals surface area (Å²) in [5.74, 6) is 0.932. The van der Waals surface area contributed by atoms with Crippen molar-refractivity contribution >= 4 is 11.8 Å². The Labute approximate surface area is 74.1 Å². The molecule has 0 saturated heterocycles. The second kappa shape index (κ2) is 3.81. The van der Waals surface area contributed by atoms with Crippen LogP contribution >= 0.6 is 11.8 Å². The maximum absolute atomic E-state index is 5.77. The van der Waals surface area contributed by atoms with Crippen LogP contribution < -0.4 is 5.73 Å². The molecule has 66 valence electrons. The Morgan fingerprint density at radius 2 is 2.00 bits per heavy atom. The van der Waals surface area contributed by atoms with Gasteiger partial charge in [-0.25, -0.2) is 0 Å². The van der Waals surface area contributed by atoms with Gasteiger partial charge in [0.05, 0.1) is 0 Å². The molecule has 0 aromatic carbocycles. The van der Waals surface area contributed by atoms with Crippen molar-refractivity contribution in [3.05, 3.63) is 0 Å². The van der Waals surface area contributed by atoms with Gasteiger partial charge < -0.3 is 5.73 Å². The molecule has 0 aromatic rings. The lowest BCUT2D eigenvalue weighted by Gasteiger charge is -2.37. The van der Waals surface area contributed by atoms with E-state index in [0.29, 0.717) is 4.75 Å². The van der Waals surface area contributed by atoms with Crippen LogP contribution in [-0.4, -0.2) is 17.5 Å². The molecule has 1 saturated carbocycles. The predicted octanol–water partition coefficient (Wildman–Crippen LogP) is 2.26. The average molecular weight is 173 g/mol. The highest BCUT2D eigenvalue weighted by Crippen LogP contribution is 2.39. The van der Waals surface area contributed by atoms with Gasteiger partial charge in [0.25, 0.3) is 0 Å². The fourth-order valence-electron chi connectivity index (χ4n) is 1.78. The van der Waals surface area contributed by atoms with Crippen LogP contribution in [0.5, 0.6) is 0 Å². The minimum Gasteiger partial charge on any atom is -0.329 e. The number of thioether (sulfide) groups is 1. The molecule has 1 rings (SSSR count). The van der Waals surface area contributed by atoms with Gasteiger partial charge >= 0.3 is 0 Å². The lowest BCUT2D eigenvalue weighted by molar-refractivity contribution is 0.324. The Balaban J connectivity index is 2.45. The van der Waals surface area contributed by atoms with E-state index < -0.39 is 0 Å². The van der Waals surface area contributed by atoms with Gasteiger partial charge in [0.2, 0.25) is 0 Å². The average Bonchev–Trinajstić information content (AvgIpc) is 2.07. The molecule has 0 bridgehead atoms. The van der Waals surface area contributed by atoms with Gasteiger partial charge in [-0.05, 0) is 37.9 Å². The van der Waals surface area contributed by atoms with E-state index in [-0.39, 0.29) is 0 Å². The van der Waals surface area contributed by atoms with Gasteiger partial charge in [-0.3, -0.25) is 0 Å². The summed E-state index contributed by atoms with van der Waals surface area (Å²) >= 11 is 1.97. The minimum absolute atomic E-state index is 0.437. The van der Waals surface area contributed by atoms with Crippen LogP contribution in [0, 0.1) is 5.92 Å². The van der Waals surface area contributed by atoms with Crippen LogP contribution in [0.4, 0.5) is 0 Å². The molecular formula is C9H19NS. The standard InChI is InChI=1S/C9H19NS/c1-8-3-5-9(7-10,11-2)6-4-8/h8H,3-7,10H2,1-2H3. The van der Waals surface area contributed by atoms with E-state index in [1.54, 1.807) is 0 Å². The largest absolute Gasteiger partial charge is 0.329 e. The van der Waals surface area contributed by atoms with Crippen molar-refractivity contribution in [1.29, 1.82) is 0 Å². The molecule has 0 aliphatic heterocycles. The van der Waals surface area contributed by atoms with E-state index in [9.17, 15) is 0 Å². The number of nitrogens with two attached hydrogens (primary N) is 1. The first kappa shape index (κ1) is 9.40. The normalized spacial score (nSPS) is 39.0. The summed E-state index contributed by atoms with van der Waals surface area (Å²) < 4.78 is 0.437. The number of hydrogen-bond donors (Lipinski definition) is 1. The molecule has 0 radical (unpaired) electrons. The highest BCUT2D eigenvalue weighted by Gasteiger charge is 2.31. The molecule has 0 spiro atoms. The van der Waals surface area contributed by atoms with E-state index in [4.69, 9.17) is 5.73 Å². The highest BCUT2D eigenvalue weighted by atomic mass is 32.2. The van der Waals surface area contributed by atoms with Gasteiger partial charge in [0, 0.05) is 11.3 Å². The Morgan fingerprint density at radius 1 is 1.45 bits per heavy atom. The zero-order valence-electron chi connectivity index (χ0n) is 7.60. The Kier molecular flexibility index (Phi) is 3.26. The molecule has 1 aliphatic carbocycles. The predicted molar refractivity (Wildman–Crippen MR) is 52.9 cm³/mol. The van der Waals surface area contributed by atoms with Crippen molar-refractivity contribution in [2.75, 3.05) is 12.8 Å². The third-order valence-electron chi connectivity index (χ3n) is 2.99. The van der Waals surface area contributed by atoms with Crippen molar-refractivity contribution in [2.45, 2.75) is 37.4 Å². The fraction of sp³-hybridized carbons (Fsp3) is 1.00. The molecule has 0 unspecified atom stereocenters. The third-order valence-corrected chi connectivity index (χ3v) is 4.43. The molecule has 0 amide bonds. The minimum atomic E-state index is 0.437. The molecule has 1 fully saturated rings. The molecule has 1 aliphatic rings. The molecule has 1 nitrogen and oxygen atoms in total.